The first-order valence-corrected chi connectivity index (χ1v) is 9.15. The summed E-state index contributed by atoms with van der Waals surface area (Å²) in [6.45, 7) is 0.385. The molecule has 2 aromatic heterocycles. The van der Waals surface area contributed by atoms with E-state index < -0.39 is 0 Å². The zero-order valence-corrected chi connectivity index (χ0v) is 14.6. The van der Waals surface area contributed by atoms with Crippen LogP contribution in [0, 0.1) is 5.92 Å². The summed E-state index contributed by atoms with van der Waals surface area (Å²) < 4.78 is 0. The molecule has 5 N–H and O–H groups in total. The summed E-state index contributed by atoms with van der Waals surface area (Å²) in [6.07, 6.45) is 7.12. The summed E-state index contributed by atoms with van der Waals surface area (Å²) >= 11 is 1.31. The van der Waals surface area contributed by atoms with Crippen LogP contribution in [0.4, 0.5) is 5.13 Å². The Bertz CT molecular complexity index is 763. The summed E-state index contributed by atoms with van der Waals surface area (Å²) in [5.74, 6) is 0.693. The topological polar surface area (TPSA) is 132 Å². The van der Waals surface area contributed by atoms with Crippen molar-refractivity contribution >= 4 is 28.3 Å². The van der Waals surface area contributed by atoms with Crippen LogP contribution in [0.15, 0.2) is 22.6 Å². The third-order valence-electron chi connectivity index (χ3n) is 4.08. The van der Waals surface area contributed by atoms with Crippen molar-refractivity contribution < 1.29 is 4.79 Å². The molecule has 1 amide bonds. The van der Waals surface area contributed by atoms with E-state index in [4.69, 9.17) is 11.5 Å². The van der Waals surface area contributed by atoms with Gasteiger partial charge >= 0.3 is 0 Å². The van der Waals surface area contributed by atoms with Gasteiger partial charge in [0.15, 0.2) is 11.8 Å². The molecule has 0 aromatic carbocycles. The summed E-state index contributed by atoms with van der Waals surface area (Å²) in [6, 6.07) is 1.79. The third-order valence-corrected chi connectivity index (χ3v) is 4.81. The van der Waals surface area contributed by atoms with Gasteiger partial charge in [0.2, 0.25) is 11.0 Å². The molecule has 9 heteroatoms. The highest BCUT2D eigenvalue weighted by molar-refractivity contribution is 7.13. The molecule has 132 valence electrons. The van der Waals surface area contributed by atoms with Crippen LogP contribution in [0.3, 0.4) is 0 Å². The van der Waals surface area contributed by atoms with Gasteiger partial charge in [-0.1, -0.05) is 19.3 Å². The van der Waals surface area contributed by atoms with Gasteiger partial charge in [-0.3, -0.25) is 4.79 Å². The highest BCUT2D eigenvalue weighted by Crippen LogP contribution is 2.25. The smallest absolute Gasteiger partial charge is 0.223 e. The number of carbonyl (C=O) groups excluding carboxylic acids is 1. The Morgan fingerprint density at radius 3 is 2.84 bits per heavy atom. The minimum Gasteiger partial charge on any atom is -0.370 e. The number of guanidine groups is 1. The van der Waals surface area contributed by atoms with Crippen molar-refractivity contribution in [3.8, 4) is 11.5 Å². The largest absolute Gasteiger partial charge is 0.370 e. The fraction of sp³-hybridized carbons (Fsp3) is 0.438. The van der Waals surface area contributed by atoms with Gasteiger partial charge in [0.05, 0.1) is 12.2 Å². The van der Waals surface area contributed by atoms with Crippen molar-refractivity contribution in [2.24, 2.45) is 22.4 Å². The van der Waals surface area contributed by atoms with E-state index in [2.05, 4.69) is 25.3 Å². The molecule has 0 saturated heterocycles. The third kappa shape index (κ3) is 4.72. The highest BCUT2D eigenvalue weighted by Gasteiger charge is 2.20. The molecule has 0 atom stereocenters. The molecule has 3 rings (SSSR count). The molecule has 0 radical (unpaired) electrons. The van der Waals surface area contributed by atoms with E-state index in [9.17, 15) is 4.79 Å². The van der Waals surface area contributed by atoms with Gasteiger partial charge in [0.1, 0.15) is 5.69 Å². The molecule has 0 unspecified atom stereocenters. The van der Waals surface area contributed by atoms with E-state index in [1.54, 1.807) is 17.6 Å². The molecular weight excluding hydrogens is 338 g/mol. The number of nitrogens with zero attached hydrogens (tertiary/aromatic N) is 4. The number of hydrogen-bond acceptors (Lipinski definition) is 6. The second kappa shape index (κ2) is 8.02. The van der Waals surface area contributed by atoms with Gasteiger partial charge in [0, 0.05) is 17.5 Å². The van der Waals surface area contributed by atoms with Crippen LogP contribution in [-0.4, -0.2) is 26.8 Å². The van der Waals surface area contributed by atoms with Crippen LogP contribution in [0.25, 0.3) is 11.5 Å². The van der Waals surface area contributed by atoms with E-state index in [1.807, 2.05) is 0 Å². The van der Waals surface area contributed by atoms with E-state index in [-0.39, 0.29) is 17.8 Å². The van der Waals surface area contributed by atoms with Crippen molar-refractivity contribution in [1.29, 1.82) is 0 Å². The molecule has 1 saturated carbocycles. The minimum atomic E-state index is -0.0407. The average Bonchev–Trinajstić information content (AvgIpc) is 3.08. The van der Waals surface area contributed by atoms with Crippen LogP contribution in [0.1, 0.15) is 37.8 Å². The summed E-state index contributed by atoms with van der Waals surface area (Å²) in [7, 11) is 0. The normalized spacial score (nSPS) is 14.9. The van der Waals surface area contributed by atoms with Crippen molar-refractivity contribution in [2.45, 2.75) is 38.6 Å². The Morgan fingerprint density at radius 2 is 2.08 bits per heavy atom. The number of aliphatic imine (C=N–C) groups is 1. The Morgan fingerprint density at radius 1 is 1.28 bits per heavy atom. The van der Waals surface area contributed by atoms with Crippen molar-refractivity contribution in [3.05, 3.63) is 23.3 Å². The molecule has 25 heavy (non-hydrogen) atoms. The van der Waals surface area contributed by atoms with E-state index in [0.717, 1.165) is 31.4 Å². The number of nitrogens with two attached hydrogens (primary N) is 2. The number of aromatic nitrogens is 3. The first-order chi connectivity index (χ1) is 12.1. The predicted molar refractivity (Wildman–Crippen MR) is 97.0 cm³/mol. The van der Waals surface area contributed by atoms with Crippen LogP contribution in [0.2, 0.25) is 0 Å². The lowest BCUT2D eigenvalue weighted by atomic mass is 9.89. The maximum atomic E-state index is 12.2. The van der Waals surface area contributed by atoms with Crippen LogP contribution >= 0.6 is 11.3 Å². The van der Waals surface area contributed by atoms with Crippen LogP contribution in [-0.2, 0) is 11.3 Å². The standard InChI is InChI=1S/C16H21N7OS/c17-15(18)23-16-22-12(9-25-16)13-19-7-6-11(21-13)8-20-14(24)10-4-2-1-3-5-10/h6-7,9-10H,1-5,8H2,(H,20,24)(H4,17,18,22,23). The van der Waals surface area contributed by atoms with Crippen LogP contribution < -0.4 is 16.8 Å². The lowest BCUT2D eigenvalue weighted by Crippen LogP contribution is -2.31. The highest BCUT2D eigenvalue weighted by atomic mass is 32.1. The maximum Gasteiger partial charge on any atom is 0.223 e. The Hall–Kier alpha value is -2.55. The fourth-order valence-electron chi connectivity index (χ4n) is 2.83. The first kappa shape index (κ1) is 17.3. The van der Waals surface area contributed by atoms with Gasteiger partial charge in [-0.05, 0) is 18.9 Å². The Kier molecular flexibility index (Phi) is 5.54. The number of hydrogen-bond donors (Lipinski definition) is 3. The van der Waals surface area contributed by atoms with E-state index in [1.165, 1.54) is 17.8 Å². The SMILES string of the molecule is NC(N)=Nc1nc(-c2nccc(CNC(=O)C3CCCCC3)n2)cs1. The van der Waals surface area contributed by atoms with Gasteiger partial charge in [-0.15, -0.1) is 11.3 Å². The number of nitrogens with one attached hydrogen (secondary N) is 1. The molecule has 0 bridgehead atoms. The molecule has 8 nitrogen and oxygen atoms in total. The van der Waals surface area contributed by atoms with Crippen LogP contribution in [0.5, 0.6) is 0 Å². The molecule has 1 aliphatic carbocycles. The maximum absolute atomic E-state index is 12.2. The number of carbonyl (C=O) groups is 1. The van der Waals surface area contributed by atoms with Crippen molar-refractivity contribution in [1.82, 2.24) is 20.3 Å². The molecule has 2 heterocycles. The van der Waals surface area contributed by atoms with Gasteiger partial charge < -0.3 is 16.8 Å². The molecule has 0 aliphatic heterocycles. The summed E-state index contributed by atoms with van der Waals surface area (Å²) in [5, 5.41) is 5.22. The van der Waals surface area contributed by atoms with E-state index >= 15 is 0 Å². The lowest BCUT2D eigenvalue weighted by Gasteiger charge is -2.20. The zero-order valence-electron chi connectivity index (χ0n) is 13.8. The second-order valence-corrected chi connectivity index (χ2v) is 6.81. The average molecular weight is 359 g/mol. The number of thiazole rings is 1. The van der Waals surface area contributed by atoms with Gasteiger partial charge in [0.25, 0.3) is 0 Å². The minimum absolute atomic E-state index is 0.0407. The molecular formula is C16H21N7OS. The zero-order chi connectivity index (χ0) is 17.6. The Balaban J connectivity index is 1.64. The predicted octanol–water partition coefficient (Wildman–Crippen LogP) is 1.70. The summed E-state index contributed by atoms with van der Waals surface area (Å²) in [5.41, 5.74) is 12.0. The van der Waals surface area contributed by atoms with Gasteiger partial charge in [-0.2, -0.15) is 4.99 Å². The number of amides is 1. The molecule has 2 aromatic rings. The van der Waals surface area contributed by atoms with Gasteiger partial charge in [-0.25, -0.2) is 15.0 Å². The quantitative estimate of drug-likeness (QED) is 0.550. The van der Waals surface area contributed by atoms with Crippen molar-refractivity contribution in [2.75, 3.05) is 0 Å². The number of rotatable bonds is 5. The van der Waals surface area contributed by atoms with Crippen molar-refractivity contribution in [3.63, 3.8) is 0 Å². The first-order valence-electron chi connectivity index (χ1n) is 8.27. The molecule has 1 fully saturated rings. The molecule has 0 spiro atoms. The lowest BCUT2D eigenvalue weighted by molar-refractivity contribution is -0.126. The molecule has 1 aliphatic rings. The van der Waals surface area contributed by atoms with E-state index in [0.29, 0.717) is 23.2 Å². The monoisotopic (exact) mass is 359 g/mol. The second-order valence-electron chi connectivity index (χ2n) is 5.98. The Labute approximate surface area is 149 Å². The summed E-state index contributed by atoms with van der Waals surface area (Å²) in [4.78, 5) is 29.1. The fourth-order valence-corrected chi connectivity index (χ4v) is 3.52.